The number of carbonyl (C=O) groups is 6. The fourth-order valence-electron chi connectivity index (χ4n) is 3.29. The summed E-state index contributed by atoms with van der Waals surface area (Å²) in [5.41, 5.74) is 11.0. The Hall–Kier alpha value is -2.60. The van der Waals surface area contributed by atoms with Gasteiger partial charge in [-0.25, -0.2) is 0 Å². The molecule has 0 aliphatic heterocycles. The van der Waals surface area contributed by atoms with Gasteiger partial charge in [-0.1, -0.05) is 20.3 Å². The van der Waals surface area contributed by atoms with Gasteiger partial charge in [-0.15, -0.1) is 0 Å². The zero-order valence-electron chi connectivity index (χ0n) is 22.7. The van der Waals surface area contributed by atoms with Crippen LogP contribution in [0.4, 0.5) is 0 Å². The zero-order chi connectivity index (χ0) is 30.8. The smallest absolute Gasteiger partial charge is 0.322 e. The van der Waals surface area contributed by atoms with Crippen molar-refractivity contribution in [1.29, 1.82) is 0 Å². The summed E-state index contributed by atoms with van der Waals surface area (Å²) in [5.74, 6) is -5.55. The maximum atomic E-state index is 13.3. The Morgan fingerprint density at radius 1 is 0.800 bits per heavy atom. The molecule has 5 amide bonds. The highest BCUT2D eigenvalue weighted by atomic mass is 32.1. The number of nitrogens with one attached hydrogen (secondary N) is 5. The highest BCUT2D eigenvalue weighted by Crippen LogP contribution is 2.11. The van der Waals surface area contributed by atoms with Gasteiger partial charge in [-0.05, 0) is 31.7 Å². The normalized spacial score (nSPS) is 15.4. The molecule has 11 N–H and O–H groups in total. The Balaban J connectivity index is 5.71. The van der Waals surface area contributed by atoms with E-state index in [1.54, 1.807) is 13.8 Å². The topological polar surface area (TPSA) is 255 Å². The standard InChI is InChI=1S/C23H43N7O8S2/c1-3-12(2)18(23(38)29-15(10-39)20(35)26-8-17(32)33)30-21(36)14(6-4-5-7-24)27-22(37)16(11-40)28-19(34)13(25)9-31/h12-16,18,31,39-40H,3-11,24-25H2,1-2H3,(H,26,35)(H,27,37)(H,28,34)(H,29,38)(H,30,36)(H,32,33)/t12-,13-,14-,15-,16-,18-/m0/s1. The third-order valence-electron chi connectivity index (χ3n) is 5.95. The molecule has 0 radical (unpaired) electrons. The average molecular weight is 610 g/mol. The summed E-state index contributed by atoms with van der Waals surface area (Å²) in [6, 6.07) is -5.79. The number of thiol groups is 2. The summed E-state index contributed by atoms with van der Waals surface area (Å²) >= 11 is 8.12. The van der Waals surface area contributed by atoms with Crippen LogP contribution in [0.2, 0.25) is 0 Å². The maximum Gasteiger partial charge on any atom is 0.322 e. The molecular weight excluding hydrogens is 566 g/mol. The summed E-state index contributed by atoms with van der Waals surface area (Å²) in [5, 5.41) is 30.0. The van der Waals surface area contributed by atoms with Gasteiger partial charge in [0.1, 0.15) is 36.8 Å². The number of hydrogen-bond donors (Lipinski definition) is 11. The molecule has 15 nitrogen and oxygen atoms in total. The van der Waals surface area contributed by atoms with Crippen LogP contribution in [0, 0.1) is 5.92 Å². The molecule has 230 valence electrons. The molecule has 40 heavy (non-hydrogen) atoms. The molecule has 0 saturated carbocycles. The van der Waals surface area contributed by atoms with Crippen LogP contribution in [-0.2, 0) is 28.8 Å². The minimum absolute atomic E-state index is 0.125. The first kappa shape index (κ1) is 37.4. The lowest BCUT2D eigenvalue weighted by molar-refractivity contribution is -0.138. The predicted molar refractivity (Wildman–Crippen MR) is 153 cm³/mol. The van der Waals surface area contributed by atoms with Crippen LogP contribution in [0.1, 0.15) is 39.5 Å². The number of aliphatic hydroxyl groups is 1. The number of aliphatic hydroxyl groups excluding tert-OH is 1. The summed E-state index contributed by atoms with van der Waals surface area (Å²) in [7, 11) is 0. The van der Waals surface area contributed by atoms with Crippen molar-refractivity contribution in [2.45, 2.75) is 69.7 Å². The van der Waals surface area contributed by atoms with Crippen molar-refractivity contribution in [2.24, 2.45) is 17.4 Å². The lowest BCUT2D eigenvalue weighted by atomic mass is 9.97. The van der Waals surface area contributed by atoms with Crippen LogP contribution in [0.15, 0.2) is 0 Å². The number of nitrogens with two attached hydrogens (primary N) is 2. The SMILES string of the molecule is CC[C@H](C)[C@H](NC(=O)[C@H](CCCCN)NC(=O)[C@H](CS)NC(=O)[C@@H](N)CO)C(=O)N[C@@H](CS)C(=O)NCC(=O)O. The second-order valence-electron chi connectivity index (χ2n) is 9.11. The molecule has 0 spiro atoms. The van der Waals surface area contributed by atoms with E-state index in [1.165, 1.54) is 0 Å². The molecule has 0 aliphatic rings. The molecule has 0 fully saturated rings. The molecule has 0 aromatic rings. The van der Waals surface area contributed by atoms with Gasteiger partial charge < -0.3 is 48.3 Å². The molecule has 17 heteroatoms. The van der Waals surface area contributed by atoms with Gasteiger partial charge in [-0.3, -0.25) is 28.8 Å². The lowest BCUT2D eigenvalue weighted by Crippen LogP contribution is -2.60. The minimum Gasteiger partial charge on any atom is -0.480 e. The average Bonchev–Trinajstić information content (AvgIpc) is 2.93. The van der Waals surface area contributed by atoms with Crippen molar-refractivity contribution in [1.82, 2.24) is 26.6 Å². The Morgan fingerprint density at radius 2 is 1.32 bits per heavy atom. The van der Waals surface area contributed by atoms with Gasteiger partial charge in [0.15, 0.2) is 0 Å². The number of unbranched alkanes of at least 4 members (excludes halogenated alkanes) is 1. The summed E-state index contributed by atoms with van der Waals surface area (Å²) in [4.78, 5) is 74.3. The molecule has 0 saturated heterocycles. The van der Waals surface area contributed by atoms with E-state index >= 15 is 0 Å². The second kappa shape index (κ2) is 20.3. The van der Waals surface area contributed by atoms with Crippen molar-refractivity contribution >= 4 is 60.8 Å². The number of aliphatic carboxylic acids is 1. The van der Waals surface area contributed by atoms with Crippen molar-refractivity contribution in [3.05, 3.63) is 0 Å². The number of carboxylic acids is 1. The van der Waals surface area contributed by atoms with Crippen LogP contribution in [0.3, 0.4) is 0 Å². The molecule has 6 atom stereocenters. The highest BCUT2D eigenvalue weighted by molar-refractivity contribution is 7.80. The van der Waals surface area contributed by atoms with E-state index in [0.717, 1.165) is 0 Å². The van der Waals surface area contributed by atoms with E-state index in [2.05, 4.69) is 51.8 Å². The number of amides is 5. The van der Waals surface area contributed by atoms with E-state index < -0.39 is 84.8 Å². The van der Waals surface area contributed by atoms with Crippen LogP contribution in [0.5, 0.6) is 0 Å². The quantitative estimate of drug-likeness (QED) is 0.0479. The molecular formula is C23H43N7O8S2. The Bertz CT molecular complexity index is 867. The first-order chi connectivity index (χ1) is 18.9. The van der Waals surface area contributed by atoms with E-state index in [4.69, 9.17) is 21.7 Å². The van der Waals surface area contributed by atoms with Gasteiger partial charge in [-0.2, -0.15) is 25.3 Å². The Labute approximate surface area is 244 Å². The van der Waals surface area contributed by atoms with Crippen LogP contribution in [-0.4, -0.2) is 107 Å². The molecule has 0 heterocycles. The van der Waals surface area contributed by atoms with Gasteiger partial charge in [0.2, 0.25) is 29.5 Å². The fourth-order valence-corrected chi connectivity index (χ4v) is 3.80. The molecule has 0 aromatic carbocycles. The Kier molecular flexibility index (Phi) is 19.0. The van der Waals surface area contributed by atoms with E-state index in [9.17, 15) is 28.8 Å². The van der Waals surface area contributed by atoms with Crippen molar-refractivity contribution in [3.8, 4) is 0 Å². The van der Waals surface area contributed by atoms with Gasteiger partial charge >= 0.3 is 5.97 Å². The minimum atomic E-state index is -1.26. The number of carbonyl (C=O) groups excluding carboxylic acids is 5. The first-order valence-electron chi connectivity index (χ1n) is 12.9. The largest absolute Gasteiger partial charge is 0.480 e. The first-order valence-corrected chi connectivity index (χ1v) is 14.1. The summed E-state index contributed by atoms with van der Waals surface area (Å²) < 4.78 is 0. The number of hydrogen-bond acceptors (Lipinski definition) is 11. The second-order valence-corrected chi connectivity index (χ2v) is 9.84. The number of carboxylic acid groups (broad SMARTS) is 1. The van der Waals surface area contributed by atoms with Crippen LogP contribution >= 0.6 is 25.3 Å². The van der Waals surface area contributed by atoms with E-state index in [-0.39, 0.29) is 17.9 Å². The van der Waals surface area contributed by atoms with Gasteiger partial charge in [0.05, 0.1) is 6.61 Å². The van der Waals surface area contributed by atoms with Crippen LogP contribution in [0.25, 0.3) is 0 Å². The van der Waals surface area contributed by atoms with Crippen molar-refractivity contribution < 1.29 is 39.0 Å². The zero-order valence-corrected chi connectivity index (χ0v) is 24.5. The lowest BCUT2D eigenvalue weighted by Gasteiger charge is -2.28. The monoisotopic (exact) mass is 609 g/mol. The predicted octanol–water partition coefficient (Wildman–Crippen LogP) is -3.52. The third-order valence-corrected chi connectivity index (χ3v) is 6.68. The van der Waals surface area contributed by atoms with E-state index in [1.807, 2.05) is 0 Å². The van der Waals surface area contributed by atoms with Crippen molar-refractivity contribution in [3.63, 3.8) is 0 Å². The highest BCUT2D eigenvalue weighted by Gasteiger charge is 2.33. The fraction of sp³-hybridized carbons (Fsp3) is 0.739. The van der Waals surface area contributed by atoms with Gasteiger partial charge in [0.25, 0.3) is 0 Å². The molecule has 0 aromatic heterocycles. The molecule has 0 rings (SSSR count). The molecule has 0 aliphatic carbocycles. The molecule has 0 bridgehead atoms. The molecule has 0 unspecified atom stereocenters. The third kappa shape index (κ3) is 13.6. The van der Waals surface area contributed by atoms with E-state index in [0.29, 0.717) is 25.8 Å². The maximum absolute atomic E-state index is 13.3. The number of rotatable bonds is 20. The Morgan fingerprint density at radius 3 is 1.82 bits per heavy atom. The summed E-state index contributed by atoms with van der Waals surface area (Å²) in [6.07, 6.45) is 1.66. The van der Waals surface area contributed by atoms with Gasteiger partial charge in [0, 0.05) is 11.5 Å². The van der Waals surface area contributed by atoms with Crippen molar-refractivity contribution in [2.75, 3.05) is 31.2 Å². The summed E-state index contributed by atoms with van der Waals surface area (Å²) in [6.45, 7) is 2.58. The van der Waals surface area contributed by atoms with Crippen LogP contribution < -0.4 is 38.1 Å².